The lowest BCUT2D eigenvalue weighted by molar-refractivity contribution is -0.121. The van der Waals surface area contributed by atoms with Crippen LogP contribution in [0.3, 0.4) is 0 Å². The summed E-state index contributed by atoms with van der Waals surface area (Å²) in [6.45, 7) is 2.09. The van der Waals surface area contributed by atoms with Gasteiger partial charge < -0.3 is 10.3 Å². The normalized spacial score (nSPS) is 16.5. The van der Waals surface area contributed by atoms with Gasteiger partial charge in [-0.2, -0.15) is 0 Å². The van der Waals surface area contributed by atoms with Crippen LogP contribution in [-0.2, 0) is 11.2 Å². The van der Waals surface area contributed by atoms with E-state index in [1.807, 2.05) is 30.3 Å². The number of H-pyrrole nitrogens is 1. The molecule has 1 aliphatic rings. The maximum absolute atomic E-state index is 13.2. The van der Waals surface area contributed by atoms with Crippen LogP contribution in [0.2, 0.25) is 0 Å². The Bertz CT molecular complexity index is 1190. The lowest BCUT2D eigenvalue weighted by Crippen LogP contribution is -2.36. The van der Waals surface area contributed by atoms with E-state index in [1.54, 1.807) is 18.1 Å². The standard InChI is InChI=1S/C24H21N3OS/c1-15-7-8-17-13-22(29-21(17)11-15)24(28)27-23(16-5-3-2-4-6-16)18-9-10-19-20(12-18)26-14-25-19/h2-12,14,22-23H,13H2,1H3,(H,25,26)(H,27,28). The van der Waals surface area contributed by atoms with E-state index in [0.29, 0.717) is 0 Å². The Morgan fingerprint density at radius 1 is 1.10 bits per heavy atom. The number of hydrogen-bond acceptors (Lipinski definition) is 3. The van der Waals surface area contributed by atoms with E-state index in [-0.39, 0.29) is 17.2 Å². The van der Waals surface area contributed by atoms with E-state index >= 15 is 0 Å². The van der Waals surface area contributed by atoms with Crippen molar-refractivity contribution >= 4 is 28.7 Å². The maximum Gasteiger partial charge on any atom is 0.234 e. The van der Waals surface area contributed by atoms with Gasteiger partial charge in [0, 0.05) is 4.90 Å². The van der Waals surface area contributed by atoms with Crippen LogP contribution in [0.1, 0.15) is 28.3 Å². The molecule has 2 unspecified atom stereocenters. The molecule has 0 bridgehead atoms. The first kappa shape index (κ1) is 18.0. The number of carbonyl (C=O) groups excluding carboxylic acids is 1. The van der Waals surface area contributed by atoms with E-state index in [0.717, 1.165) is 28.6 Å². The van der Waals surface area contributed by atoms with Crippen molar-refractivity contribution in [3.8, 4) is 0 Å². The second kappa shape index (κ2) is 7.41. The molecule has 2 atom stereocenters. The highest BCUT2D eigenvalue weighted by Gasteiger charge is 2.30. The highest BCUT2D eigenvalue weighted by atomic mass is 32.2. The number of aromatic nitrogens is 2. The number of hydrogen-bond donors (Lipinski definition) is 2. The fourth-order valence-electron chi connectivity index (χ4n) is 3.85. The number of nitrogens with zero attached hydrogens (tertiary/aromatic N) is 1. The van der Waals surface area contributed by atoms with Crippen LogP contribution in [0.25, 0.3) is 11.0 Å². The molecule has 0 saturated carbocycles. The van der Waals surface area contributed by atoms with Crippen LogP contribution in [0.4, 0.5) is 0 Å². The lowest BCUT2D eigenvalue weighted by Gasteiger charge is -2.22. The van der Waals surface area contributed by atoms with Gasteiger partial charge in [0.25, 0.3) is 0 Å². The molecule has 144 valence electrons. The molecular formula is C24H21N3OS. The second-order valence-corrected chi connectivity index (χ2v) is 8.70. The molecular weight excluding hydrogens is 378 g/mol. The van der Waals surface area contributed by atoms with Crippen molar-refractivity contribution in [1.82, 2.24) is 15.3 Å². The fourth-order valence-corrected chi connectivity index (χ4v) is 5.15. The van der Waals surface area contributed by atoms with Gasteiger partial charge in [-0.15, -0.1) is 11.8 Å². The summed E-state index contributed by atoms with van der Waals surface area (Å²) in [4.78, 5) is 21.9. The third-order valence-electron chi connectivity index (χ3n) is 5.39. The Morgan fingerprint density at radius 2 is 1.97 bits per heavy atom. The molecule has 1 aromatic heterocycles. The van der Waals surface area contributed by atoms with Crippen LogP contribution >= 0.6 is 11.8 Å². The topological polar surface area (TPSA) is 57.8 Å². The summed E-state index contributed by atoms with van der Waals surface area (Å²) in [5.41, 5.74) is 6.48. The SMILES string of the molecule is Cc1ccc2c(c1)SC(C(=O)NC(c1ccccc1)c1ccc3nc[nH]c3c1)C2. The molecule has 0 fully saturated rings. The molecule has 5 rings (SSSR count). The largest absolute Gasteiger partial charge is 0.345 e. The summed E-state index contributed by atoms with van der Waals surface area (Å²) in [5.74, 6) is 0.0717. The molecule has 0 aliphatic carbocycles. The van der Waals surface area contributed by atoms with Gasteiger partial charge in [-0.1, -0.05) is 54.1 Å². The second-order valence-electron chi connectivity index (χ2n) is 7.45. The Kier molecular flexibility index (Phi) is 4.60. The minimum absolute atomic E-state index is 0.0717. The van der Waals surface area contributed by atoms with Crippen LogP contribution in [0.15, 0.2) is 78.0 Å². The van der Waals surface area contributed by atoms with E-state index in [4.69, 9.17) is 0 Å². The Balaban J connectivity index is 1.44. The van der Waals surface area contributed by atoms with Crippen molar-refractivity contribution in [3.63, 3.8) is 0 Å². The van der Waals surface area contributed by atoms with E-state index in [2.05, 4.69) is 58.6 Å². The highest BCUT2D eigenvalue weighted by molar-refractivity contribution is 8.01. The van der Waals surface area contributed by atoms with Crippen molar-refractivity contribution in [3.05, 3.63) is 95.3 Å². The predicted molar refractivity (Wildman–Crippen MR) is 117 cm³/mol. The van der Waals surface area contributed by atoms with E-state index < -0.39 is 0 Å². The number of benzene rings is 3. The minimum Gasteiger partial charge on any atom is -0.345 e. The zero-order chi connectivity index (χ0) is 19.8. The van der Waals surface area contributed by atoms with Gasteiger partial charge in [-0.25, -0.2) is 4.98 Å². The van der Waals surface area contributed by atoms with Crippen LogP contribution in [-0.4, -0.2) is 21.1 Å². The molecule has 1 amide bonds. The van der Waals surface area contributed by atoms with Crippen molar-refractivity contribution in [2.24, 2.45) is 0 Å². The summed E-state index contributed by atoms with van der Waals surface area (Å²) < 4.78 is 0. The Labute approximate surface area is 173 Å². The average molecular weight is 400 g/mol. The van der Waals surface area contributed by atoms with Gasteiger partial charge in [-0.3, -0.25) is 4.79 Å². The first-order valence-electron chi connectivity index (χ1n) is 9.72. The summed E-state index contributed by atoms with van der Waals surface area (Å²) >= 11 is 1.67. The van der Waals surface area contributed by atoms with Gasteiger partial charge in [0.05, 0.1) is 28.7 Å². The van der Waals surface area contributed by atoms with Gasteiger partial charge in [0.15, 0.2) is 0 Å². The van der Waals surface area contributed by atoms with Gasteiger partial charge in [0.2, 0.25) is 5.91 Å². The number of aromatic amines is 1. The maximum atomic E-state index is 13.2. The number of carbonyl (C=O) groups is 1. The predicted octanol–water partition coefficient (Wildman–Crippen LogP) is 4.79. The van der Waals surface area contributed by atoms with E-state index in [9.17, 15) is 4.79 Å². The zero-order valence-corrected chi connectivity index (χ0v) is 16.9. The molecule has 4 aromatic rings. The summed E-state index contributed by atoms with van der Waals surface area (Å²) in [5, 5.41) is 3.20. The van der Waals surface area contributed by atoms with Crippen molar-refractivity contribution < 1.29 is 4.79 Å². The molecule has 2 heterocycles. The van der Waals surface area contributed by atoms with Crippen molar-refractivity contribution in [2.45, 2.75) is 29.5 Å². The van der Waals surface area contributed by atoms with Gasteiger partial charge in [0.1, 0.15) is 0 Å². The first-order valence-corrected chi connectivity index (χ1v) is 10.6. The minimum atomic E-state index is -0.206. The summed E-state index contributed by atoms with van der Waals surface area (Å²) in [6.07, 6.45) is 2.46. The van der Waals surface area contributed by atoms with Gasteiger partial charge >= 0.3 is 0 Å². The summed E-state index contributed by atoms with van der Waals surface area (Å²) in [6, 6.07) is 22.5. The van der Waals surface area contributed by atoms with Crippen LogP contribution in [0.5, 0.6) is 0 Å². The molecule has 2 N–H and O–H groups in total. The molecule has 4 nitrogen and oxygen atoms in total. The quantitative estimate of drug-likeness (QED) is 0.519. The molecule has 5 heteroatoms. The zero-order valence-electron chi connectivity index (χ0n) is 16.1. The van der Waals surface area contributed by atoms with Gasteiger partial charge in [-0.05, 0) is 48.2 Å². The first-order chi connectivity index (χ1) is 14.2. The van der Waals surface area contributed by atoms with Crippen LogP contribution in [0, 0.1) is 6.92 Å². The third kappa shape index (κ3) is 3.54. The molecule has 0 spiro atoms. The highest BCUT2D eigenvalue weighted by Crippen LogP contribution is 2.38. The molecule has 3 aromatic carbocycles. The Hall–Kier alpha value is -3.05. The molecule has 1 aliphatic heterocycles. The van der Waals surface area contributed by atoms with Crippen molar-refractivity contribution in [2.75, 3.05) is 0 Å². The molecule has 0 saturated heterocycles. The number of nitrogens with one attached hydrogen (secondary N) is 2. The molecule has 0 radical (unpaired) electrons. The number of thioether (sulfide) groups is 1. The van der Waals surface area contributed by atoms with Crippen molar-refractivity contribution in [1.29, 1.82) is 0 Å². The fraction of sp³-hybridized carbons (Fsp3) is 0.167. The average Bonchev–Trinajstić information content (AvgIpc) is 3.38. The monoisotopic (exact) mass is 399 g/mol. The number of imidazole rings is 1. The molecule has 29 heavy (non-hydrogen) atoms. The van der Waals surface area contributed by atoms with Crippen LogP contribution < -0.4 is 5.32 Å². The number of aryl methyl sites for hydroxylation is 1. The number of rotatable bonds is 4. The Morgan fingerprint density at radius 3 is 2.83 bits per heavy atom. The smallest absolute Gasteiger partial charge is 0.234 e. The number of fused-ring (bicyclic) bond motifs is 2. The lowest BCUT2D eigenvalue weighted by atomic mass is 9.97. The van der Waals surface area contributed by atoms with E-state index in [1.165, 1.54) is 16.0 Å². The third-order valence-corrected chi connectivity index (χ3v) is 6.69. The number of amides is 1. The summed E-state index contributed by atoms with van der Waals surface area (Å²) in [7, 11) is 0.